The third-order valence-corrected chi connectivity index (χ3v) is 27.9. The minimum atomic E-state index is -0.100. The molecule has 10 heterocycles. The van der Waals surface area contributed by atoms with E-state index in [1.165, 1.54) is 180 Å². The van der Waals surface area contributed by atoms with Gasteiger partial charge < -0.3 is 0 Å². The average Bonchev–Trinajstić information content (AvgIpc) is 1.72. The van der Waals surface area contributed by atoms with Crippen molar-refractivity contribution in [1.29, 1.82) is 0 Å². The van der Waals surface area contributed by atoms with Crippen LogP contribution in [0.1, 0.15) is 233 Å². The van der Waals surface area contributed by atoms with Crippen LogP contribution in [0.5, 0.6) is 0 Å². The lowest BCUT2D eigenvalue weighted by Gasteiger charge is -2.18. The van der Waals surface area contributed by atoms with Crippen LogP contribution in [0.2, 0.25) is 0 Å². The van der Waals surface area contributed by atoms with Gasteiger partial charge in [0.1, 0.15) is 0 Å². The minimum absolute atomic E-state index is 0.0734. The number of rotatable bonds is 36. The van der Waals surface area contributed by atoms with Crippen molar-refractivity contribution in [2.75, 3.05) is 0 Å². The van der Waals surface area contributed by atoms with E-state index in [4.69, 9.17) is 0 Å². The maximum atomic E-state index is 14.4. The van der Waals surface area contributed by atoms with Crippen molar-refractivity contribution >= 4 is 200 Å². The highest BCUT2D eigenvalue weighted by Crippen LogP contribution is 2.48. The zero-order chi connectivity index (χ0) is 59.0. The number of unbranched alkanes of at least 4 members (excludes halogenated alkanes) is 24. The number of thiophene rings is 8. The molecule has 84 heavy (non-hydrogen) atoms. The molecule has 10 rings (SSSR count). The molecule has 10 aromatic rings. The molecule has 0 fully saturated rings. The fraction of sp³-hybridized carbons (Fsp3) is 0.588. The number of aromatic nitrogens is 2. The average molecular weight is 1410 g/mol. The molecule has 0 saturated heterocycles. The maximum Gasteiger partial charge on any atom is 0.263 e. The zero-order valence-electron chi connectivity index (χ0n) is 50.2. The van der Waals surface area contributed by atoms with E-state index in [-0.39, 0.29) is 22.2 Å². The summed E-state index contributed by atoms with van der Waals surface area (Å²) in [6, 6.07) is 8.49. The number of nitrogens with zero attached hydrogens (tertiary/aromatic N) is 2. The quantitative estimate of drug-likeness (QED) is 0.0367. The SMILES string of the molecule is CCCCCCCCCCC(CCCCCCCC)Cn1c(=O)c2c3sc(Br)cc3sc2c2sc3cc(Br)sc3c2c1=O.CCCCCCCCCCC(CCCCCCCC)Cn1c(=O)c2c3sccc3sc2c2sc3ccsc3c2c1=O. The van der Waals surface area contributed by atoms with Crippen LogP contribution < -0.4 is 22.2 Å². The van der Waals surface area contributed by atoms with Crippen LogP contribution in [-0.2, 0) is 13.1 Å². The van der Waals surface area contributed by atoms with Crippen molar-refractivity contribution in [3.8, 4) is 0 Å². The third kappa shape index (κ3) is 16.4. The highest BCUT2D eigenvalue weighted by molar-refractivity contribution is 9.11. The van der Waals surface area contributed by atoms with Crippen molar-refractivity contribution in [2.24, 2.45) is 11.8 Å². The fourth-order valence-corrected chi connectivity index (χ4v) is 24.0. The molecular formula is C68H88Br2N2O4S8. The third-order valence-electron chi connectivity index (χ3n) is 17.3. The predicted octanol–water partition coefficient (Wildman–Crippen LogP) is 25.5. The van der Waals surface area contributed by atoms with Gasteiger partial charge in [0.05, 0.1) is 66.7 Å². The van der Waals surface area contributed by atoms with E-state index in [2.05, 4.69) is 94.6 Å². The van der Waals surface area contributed by atoms with E-state index in [1.54, 1.807) is 99.8 Å². The molecule has 16 heteroatoms. The van der Waals surface area contributed by atoms with Crippen molar-refractivity contribution in [1.82, 2.24) is 9.13 Å². The summed E-state index contributed by atoms with van der Waals surface area (Å²) in [7, 11) is 0. The lowest BCUT2D eigenvalue weighted by Crippen LogP contribution is -2.33. The molecule has 0 amide bonds. The molecule has 2 unspecified atom stereocenters. The molecule has 10 aromatic heterocycles. The number of halogens is 2. The van der Waals surface area contributed by atoms with Gasteiger partial charge in [-0.25, -0.2) is 0 Å². The first-order valence-electron chi connectivity index (χ1n) is 32.2. The Morgan fingerprint density at radius 3 is 0.893 bits per heavy atom. The Kier molecular flexibility index (Phi) is 26.5. The topological polar surface area (TPSA) is 78.1 Å². The summed E-state index contributed by atoms with van der Waals surface area (Å²) in [5, 5.41) is 7.16. The Bertz CT molecular complexity index is 3740. The number of fused-ring (bicyclic) bond motifs is 14. The summed E-state index contributed by atoms with van der Waals surface area (Å²) < 4.78 is 18.0. The Morgan fingerprint density at radius 2 is 0.595 bits per heavy atom. The van der Waals surface area contributed by atoms with Gasteiger partial charge >= 0.3 is 0 Å². The highest BCUT2D eigenvalue weighted by Gasteiger charge is 2.25. The molecule has 0 N–H and O–H groups in total. The second-order valence-electron chi connectivity index (χ2n) is 23.8. The van der Waals surface area contributed by atoms with Crippen molar-refractivity contribution in [3.05, 3.63) is 84.0 Å². The first-order valence-corrected chi connectivity index (χ1v) is 40.5. The summed E-state index contributed by atoms with van der Waals surface area (Å²) in [6.07, 6.45) is 40.5. The Balaban J connectivity index is 0.000000202. The summed E-state index contributed by atoms with van der Waals surface area (Å²) in [5.74, 6) is 0.714. The molecule has 0 radical (unpaired) electrons. The largest absolute Gasteiger partial charge is 0.274 e. The van der Waals surface area contributed by atoms with Gasteiger partial charge in [-0.3, -0.25) is 28.3 Å². The molecule has 6 nitrogen and oxygen atoms in total. The van der Waals surface area contributed by atoms with Crippen LogP contribution >= 0.6 is 123 Å². The smallest absolute Gasteiger partial charge is 0.263 e. The van der Waals surface area contributed by atoms with E-state index < -0.39 is 0 Å². The zero-order valence-corrected chi connectivity index (χ0v) is 59.9. The second kappa shape index (κ2) is 33.6. The summed E-state index contributed by atoms with van der Waals surface area (Å²) in [4.78, 5) is 57.4. The Hall–Kier alpha value is -2.12. The van der Waals surface area contributed by atoms with Crippen LogP contribution in [0, 0.1) is 11.8 Å². The van der Waals surface area contributed by atoms with E-state index in [1.807, 2.05) is 0 Å². The Labute approximate surface area is 546 Å². The first-order chi connectivity index (χ1) is 41.1. The van der Waals surface area contributed by atoms with Gasteiger partial charge in [-0.05, 0) is 104 Å². The van der Waals surface area contributed by atoms with Gasteiger partial charge in [-0.2, -0.15) is 0 Å². The standard InChI is InChI=1S/C34H43Br2NO2S4.C34H45NO2S4/c1-3-5-7-9-11-12-14-16-18-22(17-15-13-10-8-6-4-2)21-37-33(38)27-29-23(19-25(35)42-29)40-31(27)32-28(34(37)39)30-24(41-32)20-26(36)43-30;1-3-5-7-9-11-12-14-16-18-24(17-15-13-10-8-6-4-2)23-35-33(36)27-29-25(19-21-38-29)40-31(27)32-28(34(35)37)30-26(41-32)20-22-39-30/h19-20,22H,3-18,21H2,1-2H3;19-22,24H,3-18,23H2,1-2H3. The van der Waals surface area contributed by atoms with Crippen LogP contribution in [0.3, 0.4) is 0 Å². The van der Waals surface area contributed by atoms with Crippen LogP contribution in [0.15, 0.2) is 61.8 Å². The molecule has 0 aromatic carbocycles. The number of hydrogen-bond acceptors (Lipinski definition) is 12. The molecule has 2 atom stereocenters. The van der Waals surface area contributed by atoms with Crippen LogP contribution in [-0.4, -0.2) is 9.13 Å². The summed E-state index contributed by atoms with van der Waals surface area (Å²) in [6.45, 7) is 10.1. The predicted molar refractivity (Wildman–Crippen MR) is 390 cm³/mol. The van der Waals surface area contributed by atoms with Crippen molar-refractivity contribution in [2.45, 2.75) is 246 Å². The van der Waals surface area contributed by atoms with E-state index in [0.717, 1.165) is 111 Å². The molecule has 0 saturated carbocycles. The van der Waals surface area contributed by atoms with Gasteiger partial charge in [0.25, 0.3) is 22.2 Å². The summed E-state index contributed by atoms with van der Waals surface area (Å²) in [5.41, 5.74) is -0.348. The van der Waals surface area contributed by atoms with Gasteiger partial charge in [-0.15, -0.1) is 90.7 Å². The molecule has 0 aliphatic rings. The maximum absolute atomic E-state index is 14.4. The number of hydrogen-bond donors (Lipinski definition) is 0. The van der Waals surface area contributed by atoms with Crippen LogP contribution in [0.4, 0.5) is 0 Å². The van der Waals surface area contributed by atoms with E-state index in [0.29, 0.717) is 24.9 Å². The fourth-order valence-electron chi connectivity index (χ4n) is 12.6. The first kappa shape index (κ1) is 66.3. The van der Waals surface area contributed by atoms with Gasteiger partial charge in [0.15, 0.2) is 0 Å². The molecule has 0 aliphatic heterocycles. The van der Waals surface area contributed by atoms with Gasteiger partial charge in [0, 0.05) is 31.9 Å². The van der Waals surface area contributed by atoms with E-state index in [9.17, 15) is 19.2 Å². The van der Waals surface area contributed by atoms with E-state index >= 15 is 0 Å². The molecule has 0 spiro atoms. The highest BCUT2D eigenvalue weighted by atomic mass is 79.9. The van der Waals surface area contributed by atoms with Crippen molar-refractivity contribution in [3.63, 3.8) is 0 Å². The molecule has 0 bridgehead atoms. The lowest BCUT2D eigenvalue weighted by atomic mass is 9.93. The summed E-state index contributed by atoms with van der Waals surface area (Å²) >= 11 is 20.5. The monoisotopic (exact) mass is 1410 g/mol. The van der Waals surface area contributed by atoms with Gasteiger partial charge in [0.2, 0.25) is 0 Å². The molecular weight excluding hydrogens is 1330 g/mol. The lowest BCUT2D eigenvalue weighted by molar-refractivity contribution is 0.351. The second-order valence-corrected chi connectivity index (χ2v) is 34.7. The molecule has 0 aliphatic carbocycles. The normalized spacial score (nSPS) is 12.9. The Morgan fingerprint density at radius 1 is 0.333 bits per heavy atom. The minimum Gasteiger partial charge on any atom is -0.274 e. The van der Waals surface area contributed by atoms with Crippen LogP contribution in [0.25, 0.3) is 77.9 Å². The molecule has 456 valence electrons. The van der Waals surface area contributed by atoms with Crippen molar-refractivity contribution < 1.29 is 0 Å². The van der Waals surface area contributed by atoms with Gasteiger partial charge in [-0.1, -0.05) is 207 Å².